The van der Waals surface area contributed by atoms with Crippen LogP contribution >= 0.6 is 0 Å². The Balaban J connectivity index is 1.77. The fraction of sp³-hybridized carbons (Fsp3) is 0.647. The predicted octanol–water partition coefficient (Wildman–Crippen LogP) is 1.99. The number of benzene rings is 1. The van der Waals surface area contributed by atoms with Gasteiger partial charge in [0.25, 0.3) is 0 Å². The van der Waals surface area contributed by atoms with Gasteiger partial charge in [0.1, 0.15) is 0 Å². The Labute approximate surface area is 132 Å². The van der Waals surface area contributed by atoms with Gasteiger partial charge in [0.05, 0.1) is 21.3 Å². The molecular weight excluding hydrogens is 280 g/mol. The molecular formula is C17H26N2O3. The summed E-state index contributed by atoms with van der Waals surface area (Å²) in [5.74, 6) is 2.18. The molecule has 0 bridgehead atoms. The quantitative estimate of drug-likeness (QED) is 0.831. The van der Waals surface area contributed by atoms with Gasteiger partial charge in [0, 0.05) is 37.8 Å². The summed E-state index contributed by atoms with van der Waals surface area (Å²) in [6, 6.07) is 4.78. The molecule has 0 amide bonds. The van der Waals surface area contributed by atoms with Crippen molar-refractivity contribution in [2.45, 2.75) is 25.4 Å². The van der Waals surface area contributed by atoms with Gasteiger partial charge in [-0.3, -0.25) is 9.80 Å². The van der Waals surface area contributed by atoms with Gasteiger partial charge in [-0.25, -0.2) is 0 Å². The SMILES string of the molecule is COc1ccc(CN2CCN3CCC[C@@H]3C2)c(OC)c1OC. The lowest BCUT2D eigenvalue weighted by molar-refractivity contribution is 0.0986. The number of ether oxygens (including phenoxy) is 3. The van der Waals surface area contributed by atoms with Crippen LogP contribution in [0.1, 0.15) is 18.4 Å². The summed E-state index contributed by atoms with van der Waals surface area (Å²) in [5.41, 5.74) is 1.16. The number of methoxy groups -OCH3 is 3. The summed E-state index contributed by atoms with van der Waals surface area (Å²) in [4.78, 5) is 5.15. The van der Waals surface area contributed by atoms with Crippen molar-refractivity contribution in [3.63, 3.8) is 0 Å². The van der Waals surface area contributed by atoms with E-state index in [1.54, 1.807) is 21.3 Å². The minimum Gasteiger partial charge on any atom is -0.493 e. The number of rotatable bonds is 5. The first-order valence-corrected chi connectivity index (χ1v) is 8.01. The van der Waals surface area contributed by atoms with E-state index in [0.29, 0.717) is 11.5 Å². The third-order valence-corrected chi connectivity index (χ3v) is 4.85. The van der Waals surface area contributed by atoms with Crippen molar-refractivity contribution >= 4 is 0 Å². The maximum Gasteiger partial charge on any atom is 0.203 e. The van der Waals surface area contributed by atoms with E-state index in [1.165, 1.54) is 25.9 Å². The molecule has 0 spiro atoms. The normalized spacial score (nSPS) is 22.4. The number of nitrogens with zero attached hydrogens (tertiary/aromatic N) is 2. The first kappa shape index (κ1) is 15.4. The van der Waals surface area contributed by atoms with Crippen molar-refractivity contribution in [3.8, 4) is 17.2 Å². The largest absolute Gasteiger partial charge is 0.493 e. The van der Waals surface area contributed by atoms with Crippen LogP contribution in [0.15, 0.2) is 12.1 Å². The highest BCUT2D eigenvalue weighted by Gasteiger charge is 2.31. The zero-order valence-corrected chi connectivity index (χ0v) is 13.8. The molecule has 0 aliphatic carbocycles. The second kappa shape index (κ2) is 6.75. The first-order valence-electron chi connectivity index (χ1n) is 8.01. The van der Waals surface area contributed by atoms with E-state index >= 15 is 0 Å². The average Bonchev–Trinajstić information content (AvgIpc) is 3.01. The van der Waals surface area contributed by atoms with Crippen LogP contribution in [0.25, 0.3) is 0 Å². The highest BCUT2D eigenvalue weighted by molar-refractivity contribution is 5.55. The molecule has 1 aromatic rings. The van der Waals surface area contributed by atoms with E-state index in [1.807, 2.05) is 6.07 Å². The number of hydrogen-bond acceptors (Lipinski definition) is 5. The van der Waals surface area contributed by atoms with Crippen molar-refractivity contribution in [2.24, 2.45) is 0 Å². The third-order valence-electron chi connectivity index (χ3n) is 4.85. The fourth-order valence-corrected chi connectivity index (χ4v) is 3.73. The molecule has 5 heteroatoms. The smallest absolute Gasteiger partial charge is 0.203 e. The van der Waals surface area contributed by atoms with Crippen molar-refractivity contribution in [1.29, 1.82) is 0 Å². The minimum atomic E-state index is 0.682. The molecule has 2 heterocycles. The molecule has 0 unspecified atom stereocenters. The highest BCUT2D eigenvalue weighted by Crippen LogP contribution is 2.40. The van der Waals surface area contributed by atoms with Gasteiger partial charge in [-0.2, -0.15) is 0 Å². The summed E-state index contributed by atoms with van der Waals surface area (Å²) in [6.07, 6.45) is 2.68. The zero-order chi connectivity index (χ0) is 15.5. The van der Waals surface area contributed by atoms with Crippen LogP contribution in [-0.4, -0.2) is 63.4 Å². The molecule has 0 aromatic heterocycles. The second-order valence-electron chi connectivity index (χ2n) is 6.06. The third kappa shape index (κ3) is 2.88. The van der Waals surface area contributed by atoms with Crippen LogP contribution in [0.4, 0.5) is 0 Å². The molecule has 0 N–H and O–H groups in total. The van der Waals surface area contributed by atoms with Crippen molar-refractivity contribution in [2.75, 3.05) is 47.5 Å². The molecule has 2 aliphatic heterocycles. The summed E-state index contributed by atoms with van der Waals surface area (Å²) in [6.45, 7) is 5.62. The molecule has 2 fully saturated rings. The van der Waals surface area contributed by atoms with Crippen LogP contribution < -0.4 is 14.2 Å². The number of piperazine rings is 1. The topological polar surface area (TPSA) is 34.2 Å². The van der Waals surface area contributed by atoms with E-state index < -0.39 is 0 Å². The molecule has 5 nitrogen and oxygen atoms in total. The molecule has 2 aliphatic rings. The zero-order valence-electron chi connectivity index (χ0n) is 13.8. The Bertz CT molecular complexity index is 521. The van der Waals surface area contributed by atoms with Crippen molar-refractivity contribution in [1.82, 2.24) is 9.80 Å². The molecule has 1 atom stereocenters. The van der Waals surface area contributed by atoms with Crippen LogP contribution in [0, 0.1) is 0 Å². The Morgan fingerprint density at radius 2 is 1.82 bits per heavy atom. The van der Waals surface area contributed by atoms with Gasteiger partial charge in [-0.15, -0.1) is 0 Å². The summed E-state index contributed by atoms with van der Waals surface area (Å²) < 4.78 is 16.4. The minimum absolute atomic E-state index is 0.682. The Hall–Kier alpha value is -1.46. The maximum atomic E-state index is 5.60. The second-order valence-corrected chi connectivity index (χ2v) is 6.06. The van der Waals surface area contributed by atoms with E-state index in [4.69, 9.17) is 14.2 Å². The van der Waals surface area contributed by atoms with Gasteiger partial charge in [-0.1, -0.05) is 6.07 Å². The predicted molar refractivity (Wildman–Crippen MR) is 86.0 cm³/mol. The van der Waals surface area contributed by atoms with Crippen LogP contribution in [0.3, 0.4) is 0 Å². The lowest BCUT2D eigenvalue weighted by atomic mass is 10.1. The molecule has 2 saturated heterocycles. The van der Waals surface area contributed by atoms with Crippen molar-refractivity contribution < 1.29 is 14.2 Å². The molecule has 22 heavy (non-hydrogen) atoms. The number of fused-ring (bicyclic) bond motifs is 1. The number of hydrogen-bond donors (Lipinski definition) is 0. The molecule has 3 rings (SSSR count). The lowest BCUT2D eigenvalue weighted by Crippen LogP contribution is -2.49. The van der Waals surface area contributed by atoms with Gasteiger partial charge < -0.3 is 14.2 Å². The maximum absolute atomic E-state index is 5.60. The summed E-state index contributed by atoms with van der Waals surface area (Å²) >= 11 is 0. The van der Waals surface area contributed by atoms with Crippen LogP contribution in [0.2, 0.25) is 0 Å². The standard InChI is InChI=1S/C17H26N2O3/c1-20-15-7-6-13(16(21-2)17(15)22-3)11-18-9-10-19-8-4-5-14(19)12-18/h6-7,14H,4-5,8-12H2,1-3H3/t14-/m1/s1. The van der Waals surface area contributed by atoms with E-state index in [9.17, 15) is 0 Å². The van der Waals surface area contributed by atoms with Gasteiger partial charge in [0.2, 0.25) is 5.75 Å². The summed E-state index contributed by atoms with van der Waals surface area (Å²) in [5, 5.41) is 0. The van der Waals surface area contributed by atoms with E-state index in [0.717, 1.165) is 37.0 Å². The fourth-order valence-electron chi connectivity index (χ4n) is 3.73. The van der Waals surface area contributed by atoms with E-state index in [2.05, 4.69) is 15.9 Å². The van der Waals surface area contributed by atoms with Crippen molar-refractivity contribution in [3.05, 3.63) is 17.7 Å². The first-order chi connectivity index (χ1) is 10.8. The lowest BCUT2D eigenvalue weighted by Gasteiger charge is -2.37. The van der Waals surface area contributed by atoms with Crippen LogP contribution in [-0.2, 0) is 6.54 Å². The van der Waals surface area contributed by atoms with Gasteiger partial charge in [-0.05, 0) is 25.5 Å². The summed E-state index contributed by atoms with van der Waals surface area (Å²) in [7, 11) is 4.99. The molecule has 1 aromatic carbocycles. The Kier molecular flexibility index (Phi) is 4.74. The van der Waals surface area contributed by atoms with E-state index in [-0.39, 0.29) is 0 Å². The Morgan fingerprint density at radius 3 is 2.55 bits per heavy atom. The average molecular weight is 306 g/mol. The highest BCUT2D eigenvalue weighted by atomic mass is 16.5. The molecule has 0 radical (unpaired) electrons. The Morgan fingerprint density at radius 1 is 1.00 bits per heavy atom. The van der Waals surface area contributed by atoms with Gasteiger partial charge in [0.15, 0.2) is 11.5 Å². The van der Waals surface area contributed by atoms with Gasteiger partial charge >= 0.3 is 0 Å². The molecule has 122 valence electrons. The monoisotopic (exact) mass is 306 g/mol. The van der Waals surface area contributed by atoms with Crippen LogP contribution in [0.5, 0.6) is 17.2 Å². The molecule has 0 saturated carbocycles.